The van der Waals surface area contributed by atoms with Gasteiger partial charge in [0.25, 0.3) is 0 Å². The molecular weight excluding hydrogens is 260 g/mol. The summed E-state index contributed by atoms with van der Waals surface area (Å²) < 4.78 is 5.65. The Balaban J connectivity index is 2.00. The second kappa shape index (κ2) is 8.50. The van der Waals surface area contributed by atoms with Crippen molar-refractivity contribution < 1.29 is 4.74 Å². The van der Waals surface area contributed by atoms with E-state index in [-0.39, 0.29) is 0 Å². The van der Waals surface area contributed by atoms with Gasteiger partial charge in [-0.05, 0) is 38.5 Å². The third-order valence-electron chi connectivity index (χ3n) is 5.94. The molecule has 3 nitrogen and oxygen atoms in total. The predicted octanol–water partition coefficient (Wildman–Crippen LogP) is 3.44. The van der Waals surface area contributed by atoms with Gasteiger partial charge in [0.1, 0.15) is 0 Å². The monoisotopic (exact) mass is 296 g/mol. The third kappa shape index (κ3) is 4.43. The van der Waals surface area contributed by atoms with E-state index in [0.29, 0.717) is 5.54 Å². The molecule has 0 aromatic carbocycles. The Morgan fingerprint density at radius 2 is 1.81 bits per heavy atom. The van der Waals surface area contributed by atoms with E-state index >= 15 is 0 Å². The Morgan fingerprint density at radius 1 is 1.10 bits per heavy atom. The van der Waals surface area contributed by atoms with Gasteiger partial charge in [0.15, 0.2) is 0 Å². The van der Waals surface area contributed by atoms with E-state index in [1.165, 1.54) is 58.0 Å². The van der Waals surface area contributed by atoms with Crippen LogP contribution in [0.2, 0.25) is 0 Å². The molecule has 3 heteroatoms. The van der Waals surface area contributed by atoms with Crippen LogP contribution < -0.4 is 5.32 Å². The molecule has 124 valence electrons. The van der Waals surface area contributed by atoms with Crippen molar-refractivity contribution in [2.24, 2.45) is 5.92 Å². The molecule has 0 spiro atoms. The van der Waals surface area contributed by atoms with Crippen LogP contribution >= 0.6 is 0 Å². The van der Waals surface area contributed by atoms with Crippen LogP contribution in [0.15, 0.2) is 0 Å². The highest BCUT2D eigenvalue weighted by atomic mass is 16.5. The molecule has 1 unspecified atom stereocenters. The molecule has 0 aromatic heterocycles. The molecule has 0 amide bonds. The summed E-state index contributed by atoms with van der Waals surface area (Å²) in [6.07, 6.45) is 9.65. The topological polar surface area (TPSA) is 24.5 Å². The number of ether oxygens (including phenoxy) is 1. The lowest BCUT2D eigenvalue weighted by atomic mass is 9.79. The van der Waals surface area contributed by atoms with Crippen LogP contribution in [0.3, 0.4) is 0 Å². The number of hydrogen-bond acceptors (Lipinski definition) is 3. The maximum atomic E-state index is 5.65. The molecule has 1 atom stereocenters. The Morgan fingerprint density at radius 3 is 2.43 bits per heavy atom. The average molecular weight is 296 g/mol. The van der Waals surface area contributed by atoms with Gasteiger partial charge in [-0.2, -0.15) is 0 Å². The van der Waals surface area contributed by atoms with Crippen LogP contribution in [0.4, 0.5) is 0 Å². The first-order chi connectivity index (χ1) is 10.2. The van der Waals surface area contributed by atoms with Crippen molar-refractivity contribution in [1.29, 1.82) is 0 Å². The highest BCUT2D eigenvalue weighted by Crippen LogP contribution is 2.32. The lowest BCUT2D eigenvalue weighted by molar-refractivity contribution is 0.0107. The number of nitrogens with one attached hydrogen (secondary N) is 1. The lowest BCUT2D eigenvalue weighted by Gasteiger charge is -2.50. The summed E-state index contributed by atoms with van der Waals surface area (Å²) in [7, 11) is 0. The van der Waals surface area contributed by atoms with Crippen LogP contribution in [0.25, 0.3) is 0 Å². The average Bonchev–Trinajstić information content (AvgIpc) is 2.56. The van der Waals surface area contributed by atoms with E-state index in [1.807, 2.05) is 0 Å². The van der Waals surface area contributed by atoms with Crippen molar-refractivity contribution >= 4 is 0 Å². The highest BCUT2D eigenvalue weighted by Gasteiger charge is 2.39. The van der Waals surface area contributed by atoms with E-state index in [2.05, 4.69) is 31.0 Å². The molecule has 1 aliphatic heterocycles. The minimum atomic E-state index is 0.331. The van der Waals surface area contributed by atoms with Crippen molar-refractivity contribution in [3.05, 3.63) is 0 Å². The Labute approximate surface area is 131 Å². The molecule has 2 aliphatic rings. The van der Waals surface area contributed by atoms with E-state index in [4.69, 9.17) is 4.74 Å². The predicted molar refractivity (Wildman–Crippen MR) is 89.7 cm³/mol. The van der Waals surface area contributed by atoms with Crippen LogP contribution in [0, 0.1) is 5.92 Å². The summed E-state index contributed by atoms with van der Waals surface area (Å²) in [5, 5.41) is 3.92. The Kier molecular flexibility index (Phi) is 6.97. The molecule has 0 radical (unpaired) electrons. The molecule has 1 heterocycles. The van der Waals surface area contributed by atoms with Gasteiger partial charge in [-0.3, -0.25) is 4.90 Å². The zero-order valence-electron chi connectivity index (χ0n) is 14.5. The molecular formula is C18H36N2O. The fourth-order valence-electron chi connectivity index (χ4n) is 4.29. The number of piperazine rings is 1. The van der Waals surface area contributed by atoms with E-state index in [0.717, 1.165) is 31.7 Å². The van der Waals surface area contributed by atoms with Gasteiger partial charge >= 0.3 is 0 Å². The van der Waals surface area contributed by atoms with Crippen LogP contribution in [0.5, 0.6) is 0 Å². The second-order valence-corrected chi connectivity index (χ2v) is 7.00. The number of rotatable bonds is 7. The molecule has 1 saturated carbocycles. The molecule has 1 N–H and O–H groups in total. The zero-order chi connectivity index (χ0) is 15.1. The fourth-order valence-corrected chi connectivity index (χ4v) is 4.29. The SMILES string of the molecule is CCOCCN1CC(CC)(CC)NCC1C1CCCCC1. The molecule has 21 heavy (non-hydrogen) atoms. The summed E-state index contributed by atoms with van der Waals surface area (Å²) in [6, 6.07) is 0.733. The molecule has 2 fully saturated rings. The maximum Gasteiger partial charge on any atom is 0.0593 e. The summed E-state index contributed by atoms with van der Waals surface area (Å²) >= 11 is 0. The second-order valence-electron chi connectivity index (χ2n) is 7.00. The fraction of sp³-hybridized carbons (Fsp3) is 1.00. The minimum absolute atomic E-state index is 0.331. The highest BCUT2D eigenvalue weighted by molar-refractivity contribution is 4.98. The molecule has 0 aromatic rings. The van der Waals surface area contributed by atoms with Gasteiger partial charge in [0.05, 0.1) is 6.61 Å². The summed E-state index contributed by atoms with van der Waals surface area (Å²) in [6.45, 7) is 12.0. The first-order valence-corrected chi connectivity index (χ1v) is 9.31. The number of hydrogen-bond donors (Lipinski definition) is 1. The van der Waals surface area contributed by atoms with Crippen LogP contribution in [0.1, 0.15) is 65.7 Å². The summed E-state index contributed by atoms with van der Waals surface area (Å²) in [4.78, 5) is 2.76. The Hall–Kier alpha value is -0.120. The normalized spacial score (nSPS) is 27.9. The molecule has 0 bridgehead atoms. The van der Waals surface area contributed by atoms with E-state index < -0.39 is 0 Å². The van der Waals surface area contributed by atoms with Gasteiger partial charge in [0.2, 0.25) is 0 Å². The standard InChI is InChI=1S/C18H36N2O/c1-4-18(5-2)15-20(12-13-21-6-3)17(14-19-18)16-10-8-7-9-11-16/h16-17,19H,4-15H2,1-3H3. The van der Waals surface area contributed by atoms with Gasteiger partial charge in [0, 0.05) is 37.8 Å². The third-order valence-corrected chi connectivity index (χ3v) is 5.94. The Bertz CT molecular complexity index is 285. The minimum Gasteiger partial charge on any atom is -0.380 e. The van der Waals surface area contributed by atoms with Crippen molar-refractivity contribution in [3.63, 3.8) is 0 Å². The first kappa shape index (κ1) is 17.2. The van der Waals surface area contributed by atoms with E-state index in [9.17, 15) is 0 Å². The largest absolute Gasteiger partial charge is 0.380 e. The van der Waals surface area contributed by atoms with Gasteiger partial charge in [-0.1, -0.05) is 33.1 Å². The quantitative estimate of drug-likeness (QED) is 0.728. The summed E-state index contributed by atoms with van der Waals surface area (Å²) in [5.74, 6) is 0.902. The van der Waals surface area contributed by atoms with Crippen LogP contribution in [-0.2, 0) is 4.74 Å². The zero-order valence-corrected chi connectivity index (χ0v) is 14.5. The van der Waals surface area contributed by atoms with Gasteiger partial charge in [-0.25, -0.2) is 0 Å². The smallest absolute Gasteiger partial charge is 0.0593 e. The van der Waals surface area contributed by atoms with Gasteiger partial charge < -0.3 is 10.1 Å². The lowest BCUT2D eigenvalue weighted by Crippen LogP contribution is -2.65. The van der Waals surface area contributed by atoms with Crippen molar-refractivity contribution in [2.45, 2.75) is 77.3 Å². The van der Waals surface area contributed by atoms with Crippen LogP contribution in [-0.4, -0.2) is 49.3 Å². The van der Waals surface area contributed by atoms with Crippen molar-refractivity contribution in [2.75, 3.05) is 32.8 Å². The molecule has 1 aliphatic carbocycles. The van der Waals surface area contributed by atoms with E-state index in [1.54, 1.807) is 0 Å². The maximum absolute atomic E-state index is 5.65. The van der Waals surface area contributed by atoms with Crippen molar-refractivity contribution in [3.8, 4) is 0 Å². The number of nitrogens with zero attached hydrogens (tertiary/aromatic N) is 1. The molecule has 1 saturated heterocycles. The van der Waals surface area contributed by atoms with Crippen molar-refractivity contribution in [1.82, 2.24) is 10.2 Å². The van der Waals surface area contributed by atoms with Gasteiger partial charge in [-0.15, -0.1) is 0 Å². The first-order valence-electron chi connectivity index (χ1n) is 9.31. The summed E-state index contributed by atoms with van der Waals surface area (Å²) in [5.41, 5.74) is 0.331. The molecule has 2 rings (SSSR count).